The topological polar surface area (TPSA) is 515 Å². The van der Waals surface area contributed by atoms with Gasteiger partial charge >= 0.3 is 12.1 Å². The number of aliphatic hydroxyl groups excluding tert-OH is 2. The van der Waals surface area contributed by atoms with Crippen LogP contribution < -0.4 is 26.4 Å². The molecule has 125 heavy (non-hydrogen) atoms. The highest BCUT2D eigenvalue weighted by Gasteiger charge is 2.42. The molecule has 2 aliphatic heterocycles. The van der Waals surface area contributed by atoms with Crippen LogP contribution in [0.25, 0.3) is 0 Å². The lowest BCUT2D eigenvalue weighted by Crippen LogP contribution is -2.52. The lowest BCUT2D eigenvalue weighted by atomic mass is 10.0. The molecule has 7 amide bonds. The maximum absolute atomic E-state index is 13.1. The predicted octanol–water partition coefficient (Wildman–Crippen LogP) is -1.27. The van der Waals surface area contributed by atoms with Crippen molar-refractivity contribution in [3.05, 3.63) is 35.9 Å². The molecular formula is C81H140N6O38. The molecule has 2 aliphatic rings. The van der Waals surface area contributed by atoms with Gasteiger partial charge in [0.25, 0.3) is 11.8 Å². The Kier molecular flexibility index (Phi) is 71.7. The van der Waals surface area contributed by atoms with Crippen molar-refractivity contribution in [1.82, 2.24) is 20.4 Å². The molecule has 8 N–H and O–H groups in total. The number of carbonyl (C=O) groups excluding carboxylic acids is 7. The number of likely N-dealkylation sites (N-methyl/N-ethyl adjacent to an activating group) is 1. The van der Waals surface area contributed by atoms with E-state index < -0.39 is 66.3 Å². The average Bonchev–Trinajstić information content (AvgIpc) is 1.78. The summed E-state index contributed by atoms with van der Waals surface area (Å²) in [5, 5.41) is 38.3. The summed E-state index contributed by atoms with van der Waals surface area (Å²) in [5.74, 6) is -4.53. The second-order valence-electron chi connectivity index (χ2n) is 27.2. The number of carbonyl (C=O) groups is 8. The van der Waals surface area contributed by atoms with Gasteiger partial charge in [0, 0.05) is 64.5 Å². The van der Waals surface area contributed by atoms with Crippen LogP contribution in [0.15, 0.2) is 30.4 Å². The van der Waals surface area contributed by atoms with E-state index in [0.29, 0.717) is 309 Å². The first-order valence-corrected chi connectivity index (χ1v) is 42.4. The van der Waals surface area contributed by atoms with Crippen LogP contribution in [0.4, 0.5) is 10.5 Å². The molecule has 1 aromatic carbocycles. The summed E-state index contributed by atoms with van der Waals surface area (Å²) in [7, 11) is 1.37. The number of ether oxygens (including phenoxy) is 27. The van der Waals surface area contributed by atoms with Crippen molar-refractivity contribution in [2.75, 3.05) is 349 Å². The molecule has 2 heterocycles. The highest BCUT2D eigenvalue weighted by atomic mass is 16.7. The zero-order valence-electron chi connectivity index (χ0n) is 73.1. The zero-order chi connectivity index (χ0) is 90.3. The van der Waals surface area contributed by atoms with Crippen LogP contribution in [0.1, 0.15) is 45.1 Å². The number of nitrogens with zero attached hydrogens (tertiary/aromatic N) is 2. The third-order valence-corrected chi connectivity index (χ3v) is 17.0. The molecule has 0 aromatic heterocycles. The van der Waals surface area contributed by atoms with Crippen molar-refractivity contribution in [2.24, 2.45) is 11.7 Å². The summed E-state index contributed by atoms with van der Waals surface area (Å²) in [6.45, 7) is 23.5. The number of aliphatic carboxylic acids is 1. The van der Waals surface area contributed by atoms with Gasteiger partial charge in [0.1, 0.15) is 24.5 Å². The summed E-state index contributed by atoms with van der Waals surface area (Å²) < 4.78 is 149. The van der Waals surface area contributed by atoms with Crippen molar-refractivity contribution in [3.8, 4) is 5.75 Å². The summed E-state index contributed by atoms with van der Waals surface area (Å²) in [6, 6.07) is 3.28. The second kappa shape index (κ2) is 79.6. The first-order valence-electron chi connectivity index (χ1n) is 42.4. The van der Waals surface area contributed by atoms with E-state index in [-0.39, 0.29) is 94.4 Å². The number of carboxylic acids is 1. The Morgan fingerprint density at radius 2 is 0.736 bits per heavy atom. The van der Waals surface area contributed by atoms with Crippen LogP contribution in [0, 0.1) is 5.92 Å². The molecule has 0 spiro atoms. The fourth-order valence-corrected chi connectivity index (χ4v) is 10.6. The average molecular weight is 1810 g/mol. The van der Waals surface area contributed by atoms with Crippen LogP contribution in [0.2, 0.25) is 0 Å². The van der Waals surface area contributed by atoms with Crippen molar-refractivity contribution < 1.29 is 182 Å². The number of aliphatic hydroxyl groups is 2. The van der Waals surface area contributed by atoms with Crippen LogP contribution in [0.5, 0.6) is 5.75 Å². The molecule has 0 aliphatic carbocycles. The number of benzene rings is 1. The first-order chi connectivity index (χ1) is 61.0. The van der Waals surface area contributed by atoms with Crippen LogP contribution in [0.3, 0.4) is 0 Å². The quantitative estimate of drug-likeness (QED) is 0.0295. The van der Waals surface area contributed by atoms with Gasteiger partial charge in [-0.25, -0.2) is 9.59 Å². The number of amides is 7. The fourth-order valence-electron chi connectivity index (χ4n) is 10.6. The second-order valence-corrected chi connectivity index (χ2v) is 27.2. The minimum Gasteiger partial charge on any atom is -0.479 e. The Hall–Kier alpha value is -6.56. The van der Waals surface area contributed by atoms with Gasteiger partial charge in [0.15, 0.2) is 6.10 Å². The van der Waals surface area contributed by atoms with Crippen molar-refractivity contribution >= 4 is 53.2 Å². The molecule has 0 radical (unpaired) electrons. The monoisotopic (exact) mass is 1800 g/mol. The van der Waals surface area contributed by atoms with Gasteiger partial charge in [-0.3, -0.25) is 38.6 Å². The third-order valence-electron chi connectivity index (χ3n) is 17.0. The Balaban J connectivity index is 0.919. The van der Waals surface area contributed by atoms with Gasteiger partial charge in [0.05, 0.1) is 329 Å². The van der Waals surface area contributed by atoms with Gasteiger partial charge in [-0.1, -0.05) is 19.9 Å². The summed E-state index contributed by atoms with van der Waals surface area (Å²) in [6.07, 6.45) is -5.28. The number of rotatable bonds is 90. The van der Waals surface area contributed by atoms with E-state index >= 15 is 0 Å². The minimum absolute atomic E-state index is 0.00425. The summed E-state index contributed by atoms with van der Waals surface area (Å²) in [5.41, 5.74) is 5.84. The number of hydrogen-bond acceptors (Lipinski definition) is 37. The normalized spacial score (nSPS) is 15.4. The Bertz CT molecular complexity index is 2900. The van der Waals surface area contributed by atoms with E-state index in [9.17, 15) is 53.7 Å². The smallest absolute Gasteiger partial charge is 0.410 e. The molecule has 722 valence electrons. The standard InChI is InChI=1S/C81H140N6O38/c1-65(2)76(78(82)95)86(3)81(98)123-64-66-4-5-69(124-80-77(94)68(88)63-70(125-80)79(96)97)67(62-66)85-73(91)8-11-83-72(90)10-14-99-16-18-101-20-22-103-24-26-105-28-30-107-32-34-109-36-38-111-40-42-113-44-46-115-48-50-117-52-54-119-56-58-121-60-61-122-59-57-120-55-53-118-51-49-116-47-45-114-43-41-112-39-37-110-35-33-108-31-29-106-27-25-104-23-21-102-19-17-100-15-12-84-71(89)9-13-87-74(92)6-7-75(87)93/h4-7,62,65,68,70,76-77,80,88,94H,8-61,63-64H2,1-3H3,(H2,82,95)(H,83,90)(H,84,89)(H,85,91)(H,96,97)/t68-,70-,76-,77+,80+/m0/s1. The molecule has 0 bridgehead atoms. The van der Waals surface area contributed by atoms with Crippen molar-refractivity contribution in [3.63, 3.8) is 0 Å². The van der Waals surface area contributed by atoms with Crippen LogP contribution in [-0.4, -0.2) is 447 Å². The lowest BCUT2D eigenvalue weighted by Gasteiger charge is -2.35. The molecule has 0 saturated carbocycles. The maximum Gasteiger partial charge on any atom is 0.410 e. The van der Waals surface area contributed by atoms with Gasteiger partial charge in [-0.05, 0) is 23.6 Å². The summed E-state index contributed by atoms with van der Waals surface area (Å²) in [4.78, 5) is 99.0. The number of anilines is 1. The van der Waals surface area contributed by atoms with Crippen LogP contribution >= 0.6 is 0 Å². The molecule has 0 unspecified atom stereocenters. The highest BCUT2D eigenvalue weighted by molar-refractivity contribution is 6.13. The Morgan fingerprint density at radius 3 is 1.05 bits per heavy atom. The number of carboxylic acid groups (broad SMARTS) is 1. The number of primary amides is 1. The molecular weight excluding hydrogens is 1660 g/mol. The molecule has 1 fully saturated rings. The molecule has 3 rings (SSSR count). The first kappa shape index (κ1) is 113. The third kappa shape index (κ3) is 63.1. The Labute approximate surface area is 731 Å². The number of nitrogens with two attached hydrogens (primary N) is 1. The zero-order valence-corrected chi connectivity index (χ0v) is 73.1. The van der Waals surface area contributed by atoms with E-state index in [1.54, 1.807) is 13.8 Å². The largest absolute Gasteiger partial charge is 0.479 e. The van der Waals surface area contributed by atoms with Crippen molar-refractivity contribution in [2.45, 2.75) is 76.8 Å². The lowest BCUT2D eigenvalue weighted by molar-refractivity contribution is -0.238. The van der Waals surface area contributed by atoms with Gasteiger partial charge in [-0.2, -0.15) is 0 Å². The maximum atomic E-state index is 13.1. The molecule has 1 saturated heterocycles. The van der Waals surface area contributed by atoms with Crippen molar-refractivity contribution in [1.29, 1.82) is 0 Å². The highest BCUT2D eigenvalue weighted by Crippen LogP contribution is 2.31. The van der Waals surface area contributed by atoms with E-state index in [2.05, 4.69) is 16.0 Å². The predicted molar refractivity (Wildman–Crippen MR) is 440 cm³/mol. The molecule has 1 aromatic rings. The van der Waals surface area contributed by atoms with E-state index in [0.717, 1.165) is 9.80 Å². The number of nitrogens with one attached hydrogen (secondary N) is 3. The minimum atomic E-state index is -1.65. The van der Waals surface area contributed by atoms with E-state index in [1.807, 2.05) is 0 Å². The number of hydrogen-bond donors (Lipinski definition) is 7. The molecule has 5 atom stereocenters. The van der Waals surface area contributed by atoms with Gasteiger partial charge in [0.2, 0.25) is 29.9 Å². The SMILES string of the molecule is CC(C)[C@@H](C(N)=O)N(C)C(=O)OCc1ccc(O[C@@H]2O[C@H](C(=O)O)C[C@H](O)[C@H]2O)c(NC(=O)CCNC(=O)CCOCCOCCOCCOCCOCCOCCOCCOCCOCCOCCOCCOCCOCCOCCOCCOCCOCCOCCOCCOCCOCCOCCOCCOCCNC(=O)CCN2C(=O)C=CC2=O)c1. The van der Waals surface area contributed by atoms with Crippen LogP contribution in [-0.2, 0) is 163 Å². The molecule has 44 heteroatoms. The van der Waals surface area contributed by atoms with Gasteiger partial charge in [-0.15, -0.1) is 0 Å². The molecule has 44 nitrogen and oxygen atoms in total. The summed E-state index contributed by atoms with van der Waals surface area (Å²) >= 11 is 0. The fraction of sp³-hybridized carbons (Fsp3) is 0.802. The number of imide groups is 1. The van der Waals surface area contributed by atoms with Gasteiger partial charge < -0.3 is 165 Å². The van der Waals surface area contributed by atoms with E-state index in [1.165, 1.54) is 37.4 Å². The Morgan fingerprint density at radius 1 is 0.432 bits per heavy atom. The van der Waals surface area contributed by atoms with E-state index in [4.69, 9.17) is 134 Å².